The van der Waals surface area contributed by atoms with E-state index in [2.05, 4.69) is 10.2 Å². The van der Waals surface area contributed by atoms with Crippen LogP contribution in [-0.2, 0) is 0 Å². The Labute approximate surface area is 96.9 Å². The van der Waals surface area contributed by atoms with Gasteiger partial charge in [0.1, 0.15) is 0 Å². The summed E-state index contributed by atoms with van der Waals surface area (Å²) in [6.45, 7) is 0. The summed E-state index contributed by atoms with van der Waals surface area (Å²) in [5, 5.41) is 11.9. The van der Waals surface area contributed by atoms with Crippen molar-refractivity contribution in [2.45, 2.75) is 0 Å². The van der Waals surface area contributed by atoms with Crippen molar-refractivity contribution in [3.63, 3.8) is 0 Å². The van der Waals surface area contributed by atoms with Crippen molar-refractivity contribution in [1.29, 1.82) is 0 Å². The molecule has 0 fully saturated rings. The molecule has 0 atom stereocenters. The van der Waals surface area contributed by atoms with E-state index in [-0.39, 0.29) is 0 Å². The number of nitrogens with zero attached hydrogens (tertiary/aromatic N) is 4. The van der Waals surface area contributed by atoms with Gasteiger partial charge in [0, 0.05) is 28.2 Å². The van der Waals surface area contributed by atoms with Crippen molar-refractivity contribution < 1.29 is 0 Å². The summed E-state index contributed by atoms with van der Waals surface area (Å²) >= 11 is 0. The fraction of sp³-hybridized carbons (Fsp3) is 0.333. The molecule has 0 saturated carbocycles. The van der Waals surface area contributed by atoms with Crippen LogP contribution in [0.5, 0.6) is 0 Å². The second kappa shape index (κ2) is 5.90. The van der Waals surface area contributed by atoms with Gasteiger partial charge in [0.15, 0.2) is 0 Å². The van der Waals surface area contributed by atoms with Gasteiger partial charge < -0.3 is 10.0 Å². The monoisotopic (exact) mass is 218 g/mol. The highest BCUT2D eigenvalue weighted by atomic mass is 15.4. The minimum absolute atomic E-state index is 1.07. The van der Waals surface area contributed by atoms with Gasteiger partial charge in [-0.1, -0.05) is 18.2 Å². The van der Waals surface area contributed by atoms with Crippen molar-refractivity contribution in [3.05, 3.63) is 35.4 Å². The molecule has 1 aromatic rings. The highest BCUT2D eigenvalue weighted by Gasteiger charge is 1.91. The largest absolute Gasteiger partial charge is 0.303 e. The van der Waals surface area contributed by atoms with Gasteiger partial charge in [-0.05, 0) is 17.2 Å². The molecule has 0 spiro atoms. The molecule has 0 aromatic heterocycles. The topological polar surface area (TPSA) is 31.2 Å². The van der Waals surface area contributed by atoms with Gasteiger partial charge in [-0.25, -0.2) is 0 Å². The van der Waals surface area contributed by atoms with Crippen LogP contribution in [-0.4, -0.2) is 50.6 Å². The third-order valence-electron chi connectivity index (χ3n) is 1.79. The van der Waals surface area contributed by atoms with Crippen molar-refractivity contribution in [2.24, 2.45) is 10.2 Å². The number of benzene rings is 1. The lowest BCUT2D eigenvalue weighted by atomic mass is 10.1. The Hall–Kier alpha value is -1.84. The average Bonchev–Trinajstić information content (AvgIpc) is 2.24. The first-order chi connectivity index (χ1) is 7.58. The van der Waals surface area contributed by atoms with Crippen LogP contribution < -0.4 is 0 Å². The summed E-state index contributed by atoms with van der Waals surface area (Å²) in [5.41, 5.74) is 2.13. The molecule has 86 valence electrons. The normalized spacial score (nSPS) is 11.2. The molecule has 0 heterocycles. The maximum absolute atomic E-state index is 4.18. The molecular weight excluding hydrogens is 200 g/mol. The van der Waals surface area contributed by atoms with E-state index >= 15 is 0 Å². The van der Waals surface area contributed by atoms with Crippen LogP contribution in [0.3, 0.4) is 0 Å². The molecule has 0 aliphatic rings. The van der Waals surface area contributed by atoms with Gasteiger partial charge in [0.05, 0.1) is 12.4 Å². The van der Waals surface area contributed by atoms with E-state index in [0.29, 0.717) is 0 Å². The van der Waals surface area contributed by atoms with Crippen LogP contribution in [0.25, 0.3) is 0 Å². The fourth-order valence-corrected chi connectivity index (χ4v) is 1.08. The van der Waals surface area contributed by atoms with E-state index < -0.39 is 0 Å². The van der Waals surface area contributed by atoms with Gasteiger partial charge in [-0.15, -0.1) is 0 Å². The number of hydrogen-bond donors (Lipinski definition) is 0. The maximum atomic E-state index is 4.18. The minimum atomic E-state index is 1.07. The zero-order valence-electron chi connectivity index (χ0n) is 10.3. The zero-order valence-corrected chi connectivity index (χ0v) is 10.3. The Balaban J connectivity index is 2.79. The Morgan fingerprint density at radius 2 is 1.31 bits per heavy atom. The average molecular weight is 218 g/mol. The molecule has 0 radical (unpaired) electrons. The summed E-state index contributed by atoms with van der Waals surface area (Å²) in [5.74, 6) is 0. The van der Waals surface area contributed by atoms with Crippen molar-refractivity contribution >= 4 is 12.4 Å². The van der Waals surface area contributed by atoms with Crippen LogP contribution in [0.15, 0.2) is 34.5 Å². The zero-order chi connectivity index (χ0) is 12.0. The Kier molecular flexibility index (Phi) is 4.51. The van der Waals surface area contributed by atoms with Crippen LogP contribution in [0.4, 0.5) is 0 Å². The molecule has 0 amide bonds. The molecule has 16 heavy (non-hydrogen) atoms. The number of hydrogen-bond acceptors (Lipinski definition) is 4. The van der Waals surface area contributed by atoms with Gasteiger partial charge in [0.25, 0.3) is 0 Å². The predicted octanol–water partition coefficient (Wildman–Crippen LogP) is 1.48. The molecule has 4 heteroatoms. The van der Waals surface area contributed by atoms with Gasteiger partial charge >= 0.3 is 0 Å². The molecule has 0 bridgehead atoms. The number of hydrazone groups is 2. The second-order valence-corrected chi connectivity index (χ2v) is 3.85. The molecular formula is C12H18N4. The molecule has 1 aromatic carbocycles. The van der Waals surface area contributed by atoms with Gasteiger partial charge in [0.2, 0.25) is 0 Å². The molecule has 0 aliphatic carbocycles. The van der Waals surface area contributed by atoms with Crippen LogP contribution >= 0.6 is 0 Å². The summed E-state index contributed by atoms with van der Waals surface area (Å²) in [7, 11) is 7.59. The maximum Gasteiger partial charge on any atom is 0.0542 e. The first kappa shape index (κ1) is 12.2. The van der Waals surface area contributed by atoms with Crippen molar-refractivity contribution in [2.75, 3.05) is 28.2 Å². The molecule has 0 saturated heterocycles. The summed E-state index contributed by atoms with van der Waals surface area (Å²) in [4.78, 5) is 0. The molecule has 0 aliphatic heterocycles. The van der Waals surface area contributed by atoms with E-state index in [0.717, 1.165) is 11.1 Å². The fourth-order valence-electron chi connectivity index (χ4n) is 1.08. The number of rotatable bonds is 4. The molecule has 0 N–H and O–H groups in total. The third-order valence-corrected chi connectivity index (χ3v) is 1.79. The smallest absolute Gasteiger partial charge is 0.0542 e. The van der Waals surface area contributed by atoms with E-state index in [4.69, 9.17) is 0 Å². The lowest BCUT2D eigenvalue weighted by Gasteiger charge is -2.04. The Morgan fingerprint density at radius 1 is 0.875 bits per heavy atom. The van der Waals surface area contributed by atoms with Crippen LogP contribution in [0.1, 0.15) is 11.1 Å². The summed E-state index contributed by atoms with van der Waals surface area (Å²) < 4.78 is 0. The molecule has 4 nitrogen and oxygen atoms in total. The second-order valence-electron chi connectivity index (χ2n) is 3.85. The Morgan fingerprint density at radius 3 is 1.69 bits per heavy atom. The van der Waals surface area contributed by atoms with Crippen molar-refractivity contribution in [3.8, 4) is 0 Å². The third kappa shape index (κ3) is 4.59. The highest BCUT2D eigenvalue weighted by molar-refractivity contribution is 5.85. The quantitative estimate of drug-likeness (QED) is 0.566. The first-order valence-corrected chi connectivity index (χ1v) is 5.10. The van der Waals surface area contributed by atoms with E-state index in [1.807, 2.05) is 64.9 Å². The van der Waals surface area contributed by atoms with Crippen LogP contribution in [0, 0.1) is 0 Å². The summed E-state index contributed by atoms with van der Waals surface area (Å²) in [6.07, 6.45) is 3.65. The van der Waals surface area contributed by atoms with E-state index in [1.54, 1.807) is 10.0 Å². The molecule has 1 rings (SSSR count). The molecule has 0 unspecified atom stereocenters. The highest BCUT2D eigenvalue weighted by Crippen LogP contribution is 2.01. The van der Waals surface area contributed by atoms with E-state index in [1.165, 1.54) is 0 Å². The van der Waals surface area contributed by atoms with Gasteiger partial charge in [-0.2, -0.15) is 10.2 Å². The van der Waals surface area contributed by atoms with Crippen molar-refractivity contribution in [1.82, 2.24) is 10.0 Å². The minimum Gasteiger partial charge on any atom is -0.303 e. The lowest BCUT2D eigenvalue weighted by Crippen LogP contribution is -2.03. The Bertz CT molecular complexity index is 347. The predicted molar refractivity (Wildman–Crippen MR) is 69.0 cm³/mol. The van der Waals surface area contributed by atoms with Gasteiger partial charge in [-0.3, -0.25) is 0 Å². The summed E-state index contributed by atoms with van der Waals surface area (Å²) in [6, 6.07) is 8.06. The lowest BCUT2D eigenvalue weighted by molar-refractivity contribution is 0.440. The van der Waals surface area contributed by atoms with E-state index in [9.17, 15) is 0 Å². The van der Waals surface area contributed by atoms with Crippen LogP contribution in [0.2, 0.25) is 0 Å². The SMILES string of the molecule is CN(C)N=Cc1cccc(C=NN(C)C)c1. The standard InChI is InChI=1S/C12H18N4/c1-15(2)13-9-11-6-5-7-12(8-11)10-14-16(3)4/h5-10H,1-4H3. The first-order valence-electron chi connectivity index (χ1n) is 5.10.